The number of ether oxygens (including phenoxy) is 1. The van der Waals surface area contributed by atoms with Gasteiger partial charge in [0.05, 0.1) is 0 Å². The average molecular weight is 224 g/mol. The van der Waals surface area contributed by atoms with Gasteiger partial charge in [-0.3, -0.25) is 0 Å². The van der Waals surface area contributed by atoms with E-state index in [1.165, 1.54) is 6.07 Å². The molecule has 0 aliphatic rings. The van der Waals surface area contributed by atoms with Crippen LogP contribution in [0.2, 0.25) is 0 Å². The normalized spacial score (nSPS) is 10.1. The van der Waals surface area contributed by atoms with E-state index >= 15 is 0 Å². The molecule has 0 unspecified atom stereocenters. The van der Waals surface area contributed by atoms with Crippen molar-refractivity contribution in [2.24, 2.45) is 0 Å². The quantitative estimate of drug-likeness (QED) is 0.737. The third-order valence-corrected chi connectivity index (χ3v) is 2.19. The van der Waals surface area contributed by atoms with Crippen molar-refractivity contribution >= 4 is 11.8 Å². The number of hydrogen-bond donors (Lipinski definition) is 1. The molecule has 1 heterocycles. The number of nitrogens with zero attached hydrogens (tertiary/aromatic N) is 2. The lowest BCUT2D eigenvalue weighted by Crippen LogP contribution is -2.21. The monoisotopic (exact) mass is 224 g/mol. The number of carboxylic acid groups (broad SMARTS) is 1. The Bertz CT molecular complexity index is 355. The van der Waals surface area contributed by atoms with Gasteiger partial charge >= 0.3 is 5.97 Å². The van der Waals surface area contributed by atoms with Crippen LogP contribution in [0.4, 0.5) is 5.82 Å². The van der Waals surface area contributed by atoms with Crippen LogP contribution in [-0.2, 0) is 4.74 Å². The maximum atomic E-state index is 10.7. The van der Waals surface area contributed by atoms with Gasteiger partial charge < -0.3 is 14.7 Å². The number of methoxy groups -OCH3 is 1. The number of rotatable bonds is 6. The van der Waals surface area contributed by atoms with Crippen LogP contribution in [0, 0.1) is 0 Å². The molecule has 88 valence electrons. The molecule has 0 aliphatic heterocycles. The van der Waals surface area contributed by atoms with Gasteiger partial charge in [0.25, 0.3) is 0 Å². The third kappa shape index (κ3) is 3.51. The highest BCUT2D eigenvalue weighted by Gasteiger charge is 2.07. The number of carboxylic acids is 1. The van der Waals surface area contributed by atoms with Gasteiger partial charge in [-0.2, -0.15) is 0 Å². The molecule has 0 radical (unpaired) electrons. The van der Waals surface area contributed by atoms with Crippen LogP contribution in [0.1, 0.15) is 16.9 Å². The molecule has 1 rings (SSSR count). The molecule has 0 saturated heterocycles. The molecule has 0 saturated carbocycles. The smallest absolute Gasteiger partial charge is 0.354 e. The summed E-state index contributed by atoms with van der Waals surface area (Å²) < 4.78 is 4.95. The Morgan fingerprint density at radius 3 is 2.94 bits per heavy atom. The molecular weight excluding hydrogens is 208 g/mol. The van der Waals surface area contributed by atoms with E-state index in [4.69, 9.17) is 9.84 Å². The van der Waals surface area contributed by atoms with Crippen molar-refractivity contribution in [1.82, 2.24) is 4.98 Å². The lowest BCUT2D eigenvalue weighted by Gasteiger charge is -2.17. The fraction of sp³-hybridized carbons (Fsp3) is 0.455. The fourth-order valence-electron chi connectivity index (χ4n) is 1.32. The predicted molar refractivity (Wildman–Crippen MR) is 61.0 cm³/mol. The number of anilines is 1. The number of aromatic carboxylic acids is 1. The molecule has 0 atom stereocenters. The highest BCUT2D eigenvalue weighted by molar-refractivity contribution is 5.85. The highest BCUT2D eigenvalue weighted by Crippen LogP contribution is 2.10. The summed E-state index contributed by atoms with van der Waals surface area (Å²) in [6.45, 7) is 1.47. The van der Waals surface area contributed by atoms with Gasteiger partial charge in [0, 0.05) is 27.3 Å². The summed E-state index contributed by atoms with van der Waals surface area (Å²) in [6, 6.07) is 4.96. The lowest BCUT2D eigenvalue weighted by molar-refractivity contribution is 0.0690. The zero-order valence-electron chi connectivity index (χ0n) is 9.51. The van der Waals surface area contributed by atoms with Gasteiger partial charge in [0.15, 0.2) is 5.69 Å². The zero-order chi connectivity index (χ0) is 12.0. The Hall–Kier alpha value is -1.62. The van der Waals surface area contributed by atoms with Crippen molar-refractivity contribution in [2.75, 3.05) is 32.2 Å². The minimum Gasteiger partial charge on any atom is -0.477 e. The van der Waals surface area contributed by atoms with Crippen LogP contribution in [0.15, 0.2) is 18.2 Å². The standard InChI is InChI=1S/C11H16N2O3/c1-13(7-4-8-16-2)10-6-3-5-9(12-10)11(14)15/h3,5-6H,4,7-8H2,1-2H3,(H,14,15). The molecule has 1 aromatic rings. The van der Waals surface area contributed by atoms with E-state index in [0.29, 0.717) is 12.4 Å². The van der Waals surface area contributed by atoms with Gasteiger partial charge in [0.2, 0.25) is 0 Å². The first kappa shape index (κ1) is 12.4. The van der Waals surface area contributed by atoms with Gasteiger partial charge in [-0.1, -0.05) is 6.07 Å². The molecular formula is C11H16N2O3. The van der Waals surface area contributed by atoms with E-state index in [2.05, 4.69) is 4.98 Å². The Labute approximate surface area is 94.7 Å². The van der Waals surface area contributed by atoms with Crippen LogP contribution in [0.3, 0.4) is 0 Å². The van der Waals surface area contributed by atoms with E-state index in [-0.39, 0.29) is 5.69 Å². The summed E-state index contributed by atoms with van der Waals surface area (Å²) in [7, 11) is 3.53. The first-order valence-corrected chi connectivity index (χ1v) is 5.05. The third-order valence-electron chi connectivity index (χ3n) is 2.19. The Morgan fingerprint density at radius 1 is 1.56 bits per heavy atom. The lowest BCUT2D eigenvalue weighted by atomic mass is 10.3. The minimum absolute atomic E-state index is 0.0658. The van der Waals surface area contributed by atoms with Crippen LogP contribution in [-0.4, -0.2) is 43.4 Å². The molecule has 0 bridgehead atoms. The molecule has 0 fully saturated rings. The molecule has 5 heteroatoms. The summed E-state index contributed by atoms with van der Waals surface area (Å²) >= 11 is 0. The average Bonchev–Trinajstić information content (AvgIpc) is 2.29. The van der Waals surface area contributed by atoms with Crippen LogP contribution in [0.5, 0.6) is 0 Å². The van der Waals surface area contributed by atoms with Crippen LogP contribution in [0.25, 0.3) is 0 Å². The molecule has 0 aliphatic carbocycles. The van der Waals surface area contributed by atoms with Crippen molar-refractivity contribution in [2.45, 2.75) is 6.42 Å². The van der Waals surface area contributed by atoms with Crippen molar-refractivity contribution < 1.29 is 14.6 Å². The molecule has 0 amide bonds. The van der Waals surface area contributed by atoms with E-state index in [1.807, 2.05) is 11.9 Å². The van der Waals surface area contributed by atoms with E-state index < -0.39 is 5.97 Å². The topological polar surface area (TPSA) is 62.7 Å². The van der Waals surface area contributed by atoms with Crippen molar-refractivity contribution in [3.05, 3.63) is 23.9 Å². The van der Waals surface area contributed by atoms with Gasteiger partial charge in [-0.25, -0.2) is 9.78 Å². The minimum atomic E-state index is -1.01. The van der Waals surface area contributed by atoms with Gasteiger partial charge in [-0.15, -0.1) is 0 Å². The molecule has 16 heavy (non-hydrogen) atoms. The molecule has 1 aromatic heterocycles. The molecule has 1 N–H and O–H groups in total. The SMILES string of the molecule is COCCCN(C)c1cccc(C(=O)O)n1. The number of aromatic nitrogens is 1. The van der Waals surface area contributed by atoms with Crippen LogP contribution < -0.4 is 4.90 Å². The van der Waals surface area contributed by atoms with E-state index in [9.17, 15) is 4.79 Å². The summed E-state index contributed by atoms with van der Waals surface area (Å²) in [4.78, 5) is 16.7. The first-order chi connectivity index (χ1) is 7.65. The largest absolute Gasteiger partial charge is 0.477 e. The number of hydrogen-bond acceptors (Lipinski definition) is 4. The second-order valence-corrected chi connectivity index (χ2v) is 3.45. The molecule has 0 spiro atoms. The number of pyridine rings is 1. The van der Waals surface area contributed by atoms with Gasteiger partial charge in [-0.05, 0) is 18.6 Å². The maximum absolute atomic E-state index is 10.7. The zero-order valence-corrected chi connectivity index (χ0v) is 9.51. The van der Waals surface area contributed by atoms with Crippen molar-refractivity contribution in [3.8, 4) is 0 Å². The maximum Gasteiger partial charge on any atom is 0.354 e. The highest BCUT2D eigenvalue weighted by atomic mass is 16.5. The summed E-state index contributed by atoms with van der Waals surface area (Å²) in [5.74, 6) is -0.344. The Kier molecular flexibility index (Phi) is 4.72. The van der Waals surface area contributed by atoms with Crippen molar-refractivity contribution in [1.29, 1.82) is 0 Å². The predicted octanol–water partition coefficient (Wildman–Crippen LogP) is 1.25. The summed E-state index contributed by atoms with van der Waals surface area (Å²) in [5, 5.41) is 8.80. The summed E-state index contributed by atoms with van der Waals surface area (Å²) in [5.41, 5.74) is 0.0658. The van der Waals surface area contributed by atoms with Crippen LogP contribution >= 0.6 is 0 Å². The fourth-order valence-corrected chi connectivity index (χ4v) is 1.32. The summed E-state index contributed by atoms with van der Waals surface area (Å²) in [6.07, 6.45) is 0.881. The number of carbonyl (C=O) groups is 1. The van der Waals surface area contributed by atoms with E-state index in [1.54, 1.807) is 19.2 Å². The Balaban J connectivity index is 2.64. The second-order valence-electron chi connectivity index (χ2n) is 3.45. The second kappa shape index (κ2) is 6.07. The van der Waals surface area contributed by atoms with Crippen molar-refractivity contribution in [3.63, 3.8) is 0 Å². The first-order valence-electron chi connectivity index (χ1n) is 5.05. The van der Waals surface area contributed by atoms with Gasteiger partial charge in [0.1, 0.15) is 5.82 Å². The molecule has 5 nitrogen and oxygen atoms in total. The van der Waals surface area contributed by atoms with E-state index in [0.717, 1.165) is 13.0 Å². The Morgan fingerprint density at radius 2 is 2.31 bits per heavy atom. The molecule has 0 aromatic carbocycles.